The Bertz CT molecular complexity index is 1220. The van der Waals surface area contributed by atoms with Gasteiger partial charge in [0, 0.05) is 25.2 Å². The van der Waals surface area contributed by atoms with E-state index in [-0.39, 0.29) is 17.5 Å². The van der Waals surface area contributed by atoms with Crippen LogP contribution in [0.2, 0.25) is 10.0 Å². The number of aryl methyl sites for hydroxylation is 2. The van der Waals surface area contributed by atoms with Crippen molar-refractivity contribution in [2.75, 3.05) is 45.7 Å². The minimum atomic E-state index is -1.10. The molecule has 3 atom stereocenters. The summed E-state index contributed by atoms with van der Waals surface area (Å²) in [5, 5.41) is 20.8. The van der Waals surface area contributed by atoms with Gasteiger partial charge in [-0.3, -0.25) is 0 Å². The predicted octanol–water partition coefficient (Wildman–Crippen LogP) is 4.14. The van der Waals surface area contributed by atoms with E-state index in [2.05, 4.69) is 20.8 Å². The van der Waals surface area contributed by atoms with Crippen LogP contribution in [0.25, 0.3) is 22.6 Å². The van der Waals surface area contributed by atoms with Gasteiger partial charge in [0.1, 0.15) is 46.9 Å². The average molecular weight is 553 g/mol. The van der Waals surface area contributed by atoms with Crippen LogP contribution in [0.5, 0.6) is 5.75 Å². The van der Waals surface area contributed by atoms with Gasteiger partial charge in [-0.2, -0.15) is 0 Å². The van der Waals surface area contributed by atoms with E-state index in [1.807, 2.05) is 11.9 Å². The summed E-state index contributed by atoms with van der Waals surface area (Å²) >= 11 is 13.4. The number of benzene rings is 1. The number of anilines is 1. The molecule has 1 aromatic carbocycles. The number of aliphatic hydroxyl groups excluding tert-OH is 1. The Kier molecular flexibility index (Phi) is 8.86. The first-order valence-corrected chi connectivity index (χ1v) is 12.8. The molecule has 0 spiro atoms. The van der Waals surface area contributed by atoms with E-state index in [1.54, 1.807) is 39.1 Å². The van der Waals surface area contributed by atoms with Crippen LogP contribution in [-0.4, -0.2) is 83.8 Å². The van der Waals surface area contributed by atoms with Crippen molar-refractivity contribution < 1.29 is 18.8 Å². The maximum absolute atomic E-state index is 14.9. The van der Waals surface area contributed by atoms with E-state index >= 15 is 0 Å². The quantitative estimate of drug-likeness (QED) is 0.360. The zero-order valence-corrected chi connectivity index (χ0v) is 22.7. The molecule has 4 rings (SSSR count). The van der Waals surface area contributed by atoms with Gasteiger partial charge in [0.15, 0.2) is 5.82 Å². The zero-order chi connectivity index (χ0) is 26.7. The molecule has 2 aromatic heterocycles. The Morgan fingerprint density at radius 3 is 2.76 bits per heavy atom. The van der Waals surface area contributed by atoms with Crippen molar-refractivity contribution in [3.63, 3.8) is 0 Å². The highest BCUT2D eigenvalue weighted by Crippen LogP contribution is 2.39. The molecule has 1 fully saturated rings. The van der Waals surface area contributed by atoms with Crippen LogP contribution in [0, 0.1) is 13.8 Å². The summed E-state index contributed by atoms with van der Waals surface area (Å²) in [6.45, 7) is 5.11. The smallest absolute Gasteiger partial charge is 0.163 e. The normalized spacial score (nSPS) is 19.1. The maximum atomic E-state index is 14.9. The third-order valence-corrected chi connectivity index (χ3v) is 6.94. The lowest BCUT2D eigenvalue weighted by atomic mass is 10.0. The van der Waals surface area contributed by atoms with E-state index < -0.39 is 18.3 Å². The van der Waals surface area contributed by atoms with Gasteiger partial charge in [-0.15, -0.1) is 0 Å². The van der Waals surface area contributed by atoms with Gasteiger partial charge in [0.2, 0.25) is 0 Å². The van der Waals surface area contributed by atoms with Gasteiger partial charge in [0.05, 0.1) is 22.3 Å². The number of nitrogens with zero attached hydrogens (tertiary/aromatic N) is 4. The molecular formula is C25H31Cl2FN6O3. The van der Waals surface area contributed by atoms with Crippen LogP contribution >= 0.6 is 23.2 Å². The summed E-state index contributed by atoms with van der Waals surface area (Å²) in [5.74, 6) is 1.60. The minimum absolute atomic E-state index is 0.0918. The van der Waals surface area contributed by atoms with Gasteiger partial charge in [0.25, 0.3) is 0 Å². The van der Waals surface area contributed by atoms with Crippen LogP contribution in [0.1, 0.15) is 17.9 Å². The maximum Gasteiger partial charge on any atom is 0.163 e. The van der Waals surface area contributed by atoms with Crippen molar-refractivity contribution in [2.45, 2.75) is 38.6 Å². The molecule has 1 aliphatic rings. The molecule has 1 saturated heterocycles. The number of aromatic nitrogens is 3. The summed E-state index contributed by atoms with van der Waals surface area (Å²) in [6, 6.07) is 4.61. The lowest BCUT2D eigenvalue weighted by Crippen LogP contribution is -2.46. The fourth-order valence-corrected chi connectivity index (χ4v) is 4.73. The third kappa shape index (κ3) is 6.32. The molecule has 3 heterocycles. The number of likely N-dealkylation sites (tertiary alicyclic amines) is 1. The second kappa shape index (κ2) is 11.9. The number of nitrogens with one attached hydrogen (secondary N) is 2. The molecule has 3 unspecified atom stereocenters. The Morgan fingerprint density at radius 2 is 2.08 bits per heavy atom. The molecule has 3 aromatic rings. The minimum Gasteiger partial charge on any atom is -0.491 e. The lowest BCUT2D eigenvalue weighted by Gasteiger charge is -2.33. The van der Waals surface area contributed by atoms with E-state index in [4.69, 9.17) is 37.4 Å². The first-order valence-electron chi connectivity index (χ1n) is 12.0. The van der Waals surface area contributed by atoms with Gasteiger partial charge in [-0.1, -0.05) is 28.4 Å². The number of halogens is 3. The number of rotatable bonds is 9. The van der Waals surface area contributed by atoms with Crippen LogP contribution in [0.15, 0.2) is 22.7 Å². The third-order valence-electron chi connectivity index (χ3n) is 6.25. The molecule has 37 heavy (non-hydrogen) atoms. The van der Waals surface area contributed by atoms with E-state index in [1.165, 1.54) is 0 Å². The van der Waals surface area contributed by atoms with E-state index in [0.717, 1.165) is 6.54 Å². The second-order valence-corrected chi connectivity index (χ2v) is 10.0. The molecular weight excluding hydrogens is 522 g/mol. The summed E-state index contributed by atoms with van der Waals surface area (Å²) in [7, 11) is 3.64. The fourth-order valence-electron chi connectivity index (χ4n) is 4.30. The number of piperidine rings is 1. The van der Waals surface area contributed by atoms with Gasteiger partial charge in [-0.25, -0.2) is 14.4 Å². The first kappa shape index (κ1) is 27.5. The van der Waals surface area contributed by atoms with Gasteiger partial charge >= 0.3 is 0 Å². The van der Waals surface area contributed by atoms with Crippen LogP contribution in [0.4, 0.5) is 10.2 Å². The number of ether oxygens (including phenoxy) is 1. The van der Waals surface area contributed by atoms with Crippen LogP contribution < -0.4 is 15.4 Å². The second-order valence-electron chi connectivity index (χ2n) is 9.24. The van der Waals surface area contributed by atoms with Crippen molar-refractivity contribution in [1.82, 2.24) is 25.3 Å². The molecule has 0 bridgehead atoms. The largest absolute Gasteiger partial charge is 0.491 e. The van der Waals surface area contributed by atoms with Gasteiger partial charge in [-0.05, 0) is 52.6 Å². The Hall–Kier alpha value is -2.50. The SMILES string of the molecule is CNCC(O)COc1ccc(Cl)c(-c2nc(NC3CCN(C)CC3F)c(Cl)c(-c3c(C)noc3C)n2)c1. The van der Waals surface area contributed by atoms with Crippen molar-refractivity contribution in [1.29, 1.82) is 0 Å². The van der Waals surface area contributed by atoms with Crippen LogP contribution in [-0.2, 0) is 0 Å². The highest BCUT2D eigenvalue weighted by molar-refractivity contribution is 6.35. The molecule has 200 valence electrons. The Morgan fingerprint density at radius 1 is 1.30 bits per heavy atom. The van der Waals surface area contributed by atoms with E-state index in [9.17, 15) is 9.50 Å². The molecule has 0 saturated carbocycles. The number of hydrogen-bond acceptors (Lipinski definition) is 9. The number of alkyl halides is 1. The van der Waals surface area contributed by atoms with Crippen molar-refractivity contribution in [3.8, 4) is 28.4 Å². The summed E-state index contributed by atoms with van der Waals surface area (Å²) in [6.07, 6.45) is -1.19. The average Bonchev–Trinajstić information content (AvgIpc) is 3.19. The molecule has 3 N–H and O–H groups in total. The predicted molar refractivity (Wildman–Crippen MR) is 142 cm³/mol. The molecule has 0 aliphatic carbocycles. The molecule has 9 nitrogen and oxygen atoms in total. The Balaban J connectivity index is 1.76. The molecule has 12 heteroatoms. The van der Waals surface area contributed by atoms with Crippen molar-refractivity contribution in [2.24, 2.45) is 0 Å². The highest BCUT2D eigenvalue weighted by atomic mass is 35.5. The van der Waals surface area contributed by atoms with Crippen molar-refractivity contribution >= 4 is 29.0 Å². The summed E-state index contributed by atoms with van der Waals surface area (Å²) in [4.78, 5) is 11.3. The van der Waals surface area contributed by atoms with E-state index in [0.29, 0.717) is 64.4 Å². The topological polar surface area (TPSA) is 109 Å². The van der Waals surface area contributed by atoms with Gasteiger partial charge < -0.3 is 29.9 Å². The number of likely N-dealkylation sites (N-methyl/N-ethyl adjacent to an activating group) is 1. The fraction of sp³-hybridized carbons (Fsp3) is 0.480. The molecule has 1 aliphatic heterocycles. The number of hydrogen-bond donors (Lipinski definition) is 3. The zero-order valence-electron chi connectivity index (χ0n) is 21.2. The standard InChI is InChI=1S/C25H31Cl2FN6O3/c1-13-21(14(2)37-33-13)23-22(27)25(30-20-7-8-34(4)11-19(20)28)32-24(31-23)17-9-16(5-6-18(17)26)36-12-15(35)10-29-3/h5-6,9,15,19-20,29,35H,7-8,10-12H2,1-4H3,(H,30,31,32). The number of aliphatic hydroxyl groups is 1. The lowest BCUT2D eigenvalue weighted by molar-refractivity contribution is 0.108. The van der Waals surface area contributed by atoms with Crippen molar-refractivity contribution in [3.05, 3.63) is 39.7 Å². The highest BCUT2D eigenvalue weighted by Gasteiger charge is 2.30. The molecule has 0 amide bonds. The molecule has 0 radical (unpaired) electrons. The van der Waals surface area contributed by atoms with Crippen LogP contribution in [0.3, 0.4) is 0 Å². The summed E-state index contributed by atoms with van der Waals surface area (Å²) in [5.41, 5.74) is 2.14. The summed E-state index contributed by atoms with van der Waals surface area (Å²) < 4.78 is 26.0. The monoisotopic (exact) mass is 552 g/mol. The Labute approximate surface area is 225 Å². The first-order chi connectivity index (χ1) is 17.7.